The van der Waals surface area contributed by atoms with Gasteiger partial charge in [0.2, 0.25) is 8.32 Å². The summed E-state index contributed by atoms with van der Waals surface area (Å²) in [6.45, 7) is 16.5. The molecule has 1 heterocycles. The summed E-state index contributed by atoms with van der Waals surface area (Å²) in [6.07, 6.45) is 0.849. The molecule has 2 rings (SSSR count). The van der Waals surface area contributed by atoms with Crippen LogP contribution in [-0.2, 0) is 11.0 Å². The number of aromatic nitrogens is 1. The number of pyridine rings is 1. The zero-order valence-electron chi connectivity index (χ0n) is 20.0. The van der Waals surface area contributed by atoms with Crippen molar-refractivity contribution in [3.8, 4) is 11.6 Å². The Morgan fingerprint density at radius 3 is 2.10 bits per heavy atom. The van der Waals surface area contributed by atoms with Gasteiger partial charge in [0.25, 0.3) is 5.88 Å². The number of ether oxygens (including phenoxy) is 2. The minimum absolute atomic E-state index is 0.189. The van der Waals surface area contributed by atoms with Crippen molar-refractivity contribution in [1.29, 1.82) is 0 Å². The molecule has 5 nitrogen and oxygen atoms in total. The molecule has 0 atom stereocenters. The van der Waals surface area contributed by atoms with E-state index in [2.05, 4.69) is 46.5 Å². The van der Waals surface area contributed by atoms with Gasteiger partial charge in [-0.25, -0.2) is 9.78 Å². The van der Waals surface area contributed by atoms with Gasteiger partial charge in [0.15, 0.2) is 5.75 Å². The van der Waals surface area contributed by atoms with E-state index < -0.39 is 14.3 Å². The second-order valence-corrected chi connectivity index (χ2v) is 14.3. The SMILES string of the molecule is CCCOc1ccc(CO[Si](C(C)C)(C(C)C)C(C)C)nc1OC(=O)c1ccccc1. The third-order valence-corrected chi connectivity index (χ3v) is 11.8. The van der Waals surface area contributed by atoms with Crippen LogP contribution in [0, 0.1) is 0 Å². The topological polar surface area (TPSA) is 57.6 Å². The summed E-state index contributed by atoms with van der Waals surface area (Å²) < 4.78 is 18.1. The monoisotopic (exact) mass is 443 g/mol. The van der Waals surface area contributed by atoms with Gasteiger partial charge in [-0.2, -0.15) is 0 Å². The Labute approximate surface area is 188 Å². The van der Waals surface area contributed by atoms with Gasteiger partial charge in [-0.15, -0.1) is 0 Å². The first-order valence-electron chi connectivity index (χ1n) is 11.3. The highest BCUT2D eigenvalue weighted by Crippen LogP contribution is 2.42. The van der Waals surface area contributed by atoms with Crippen molar-refractivity contribution in [2.45, 2.75) is 78.1 Å². The minimum atomic E-state index is -2.03. The van der Waals surface area contributed by atoms with Gasteiger partial charge >= 0.3 is 5.97 Å². The van der Waals surface area contributed by atoms with Crippen LogP contribution in [0.2, 0.25) is 16.6 Å². The molecule has 0 aliphatic heterocycles. The summed E-state index contributed by atoms with van der Waals surface area (Å²) in [6, 6.07) is 12.6. The average molecular weight is 444 g/mol. The highest BCUT2D eigenvalue weighted by atomic mass is 28.4. The van der Waals surface area contributed by atoms with E-state index in [-0.39, 0.29) is 5.88 Å². The maximum absolute atomic E-state index is 12.6. The molecule has 6 heteroatoms. The normalized spacial score (nSPS) is 11.9. The summed E-state index contributed by atoms with van der Waals surface area (Å²) in [5.41, 5.74) is 2.65. The van der Waals surface area contributed by atoms with Crippen LogP contribution >= 0.6 is 0 Å². The molecule has 1 aromatic carbocycles. The quantitative estimate of drug-likeness (QED) is 0.283. The molecule has 0 saturated heterocycles. The second-order valence-electron chi connectivity index (χ2n) is 8.82. The van der Waals surface area contributed by atoms with Gasteiger partial charge in [-0.05, 0) is 47.3 Å². The molecule has 0 fully saturated rings. The molecule has 1 aromatic heterocycles. The molecule has 0 amide bonds. The molecular weight excluding hydrogens is 406 g/mol. The second kappa shape index (κ2) is 11.4. The van der Waals surface area contributed by atoms with E-state index in [4.69, 9.17) is 13.9 Å². The summed E-state index contributed by atoms with van der Waals surface area (Å²) >= 11 is 0. The number of nitrogens with zero attached hydrogens (tertiary/aromatic N) is 1. The van der Waals surface area contributed by atoms with Crippen LogP contribution in [0.5, 0.6) is 11.6 Å². The number of esters is 1. The van der Waals surface area contributed by atoms with E-state index in [0.29, 0.717) is 41.2 Å². The van der Waals surface area contributed by atoms with E-state index >= 15 is 0 Å². The highest BCUT2D eigenvalue weighted by molar-refractivity contribution is 6.77. The maximum atomic E-state index is 12.6. The van der Waals surface area contributed by atoms with E-state index in [1.165, 1.54) is 0 Å². The predicted octanol–water partition coefficient (Wildman–Crippen LogP) is 6.78. The zero-order chi connectivity index (χ0) is 23.0. The van der Waals surface area contributed by atoms with Crippen LogP contribution in [0.4, 0.5) is 0 Å². The van der Waals surface area contributed by atoms with Crippen molar-refractivity contribution in [2.75, 3.05) is 6.61 Å². The predicted molar refractivity (Wildman–Crippen MR) is 127 cm³/mol. The number of benzene rings is 1. The van der Waals surface area contributed by atoms with E-state index in [9.17, 15) is 4.79 Å². The third-order valence-electron chi connectivity index (χ3n) is 5.72. The molecule has 0 bridgehead atoms. The summed E-state index contributed by atoms with van der Waals surface area (Å²) in [4.78, 5) is 17.2. The van der Waals surface area contributed by atoms with Crippen LogP contribution in [0.1, 0.15) is 70.9 Å². The number of hydrogen-bond acceptors (Lipinski definition) is 5. The standard InChI is InChI=1S/C25H37NO4Si/c1-8-16-28-23-15-14-22(17-29-31(18(2)3,19(4)5)20(6)7)26-24(23)30-25(27)21-12-10-9-11-13-21/h9-15,18-20H,8,16-17H2,1-7H3. The van der Waals surface area contributed by atoms with Gasteiger partial charge in [-0.3, -0.25) is 0 Å². The Morgan fingerprint density at radius 1 is 0.935 bits per heavy atom. The van der Waals surface area contributed by atoms with Crippen LogP contribution in [0.25, 0.3) is 0 Å². The van der Waals surface area contributed by atoms with Crippen molar-refractivity contribution in [3.05, 3.63) is 53.7 Å². The molecule has 0 radical (unpaired) electrons. The highest BCUT2D eigenvalue weighted by Gasteiger charge is 2.45. The molecule has 0 unspecified atom stereocenters. The van der Waals surface area contributed by atoms with Crippen LogP contribution in [-0.4, -0.2) is 25.9 Å². The Balaban J connectivity index is 2.28. The maximum Gasteiger partial charge on any atom is 0.344 e. The molecular formula is C25H37NO4Si. The zero-order valence-corrected chi connectivity index (χ0v) is 21.0. The third kappa shape index (κ3) is 6.17. The van der Waals surface area contributed by atoms with E-state index in [1.54, 1.807) is 24.3 Å². The van der Waals surface area contributed by atoms with Crippen molar-refractivity contribution in [3.63, 3.8) is 0 Å². The first-order valence-corrected chi connectivity index (χ1v) is 13.4. The molecule has 0 N–H and O–H groups in total. The Hall–Kier alpha value is -2.18. The van der Waals surface area contributed by atoms with Crippen LogP contribution in [0.3, 0.4) is 0 Å². The fourth-order valence-corrected chi connectivity index (χ4v) is 9.76. The van der Waals surface area contributed by atoms with Gasteiger partial charge < -0.3 is 13.9 Å². The molecule has 170 valence electrons. The van der Waals surface area contributed by atoms with Gasteiger partial charge in [-0.1, -0.05) is 66.7 Å². The smallest absolute Gasteiger partial charge is 0.344 e. The summed E-state index contributed by atoms with van der Waals surface area (Å²) in [5.74, 6) is 0.201. The largest absolute Gasteiger partial charge is 0.488 e. The molecule has 0 aliphatic rings. The number of rotatable bonds is 11. The Kier molecular flexibility index (Phi) is 9.26. The van der Waals surface area contributed by atoms with Crippen molar-refractivity contribution < 1.29 is 18.7 Å². The molecule has 0 saturated carbocycles. The first kappa shape index (κ1) is 25.1. The van der Waals surface area contributed by atoms with Gasteiger partial charge in [0.1, 0.15) is 0 Å². The van der Waals surface area contributed by atoms with E-state index in [1.807, 2.05) is 25.1 Å². The number of hydrogen-bond donors (Lipinski definition) is 0. The lowest BCUT2D eigenvalue weighted by molar-refractivity contribution is 0.0719. The lowest BCUT2D eigenvalue weighted by atomic mass is 10.2. The number of carbonyl (C=O) groups excluding carboxylic acids is 1. The molecule has 2 aromatic rings. The first-order chi connectivity index (χ1) is 14.7. The van der Waals surface area contributed by atoms with Gasteiger partial charge in [0, 0.05) is 0 Å². The average Bonchev–Trinajstić information content (AvgIpc) is 2.73. The summed E-state index contributed by atoms with van der Waals surface area (Å²) in [5, 5.41) is 0. The Bertz CT molecular complexity index is 815. The van der Waals surface area contributed by atoms with Crippen LogP contribution < -0.4 is 9.47 Å². The van der Waals surface area contributed by atoms with Crippen molar-refractivity contribution in [1.82, 2.24) is 4.98 Å². The molecule has 0 spiro atoms. The van der Waals surface area contributed by atoms with E-state index in [0.717, 1.165) is 12.1 Å². The fraction of sp³-hybridized carbons (Fsp3) is 0.520. The molecule has 31 heavy (non-hydrogen) atoms. The summed E-state index contributed by atoms with van der Waals surface area (Å²) in [7, 11) is -2.03. The fourth-order valence-electron chi connectivity index (χ4n) is 4.36. The van der Waals surface area contributed by atoms with Crippen LogP contribution in [0.15, 0.2) is 42.5 Å². The number of carbonyl (C=O) groups is 1. The lowest BCUT2D eigenvalue weighted by Crippen LogP contribution is -2.47. The minimum Gasteiger partial charge on any atom is -0.488 e. The van der Waals surface area contributed by atoms with Crippen molar-refractivity contribution >= 4 is 14.3 Å². The Morgan fingerprint density at radius 2 is 1.55 bits per heavy atom. The van der Waals surface area contributed by atoms with Crippen molar-refractivity contribution in [2.24, 2.45) is 0 Å². The molecule has 0 aliphatic carbocycles. The lowest BCUT2D eigenvalue weighted by Gasteiger charge is -2.42. The van der Waals surface area contributed by atoms with Gasteiger partial charge in [0.05, 0.1) is 24.5 Å².